The first-order valence-corrected chi connectivity index (χ1v) is 5.89. The lowest BCUT2D eigenvalue weighted by Gasteiger charge is -2.12. The average Bonchev–Trinajstić information content (AvgIpc) is 2.45. The number of para-hydroxylation sites is 1. The summed E-state index contributed by atoms with van der Waals surface area (Å²) in [5, 5.41) is 0.282. The van der Waals surface area contributed by atoms with Crippen molar-refractivity contribution in [2.45, 2.75) is 0 Å². The van der Waals surface area contributed by atoms with Gasteiger partial charge in [0.1, 0.15) is 10.7 Å². The van der Waals surface area contributed by atoms with E-state index in [-0.39, 0.29) is 5.15 Å². The van der Waals surface area contributed by atoms with Gasteiger partial charge in [0.15, 0.2) is 0 Å². The maximum atomic E-state index is 11.6. The molecule has 0 aliphatic heterocycles. The van der Waals surface area contributed by atoms with E-state index in [1.54, 1.807) is 6.07 Å². The lowest BCUT2D eigenvalue weighted by atomic mass is 10.2. The fraction of sp³-hybridized carbons (Fsp3) is 0.0769. The summed E-state index contributed by atoms with van der Waals surface area (Å²) in [6.45, 7) is 0. The van der Waals surface area contributed by atoms with Crippen molar-refractivity contribution < 1.29 is 9.53 Å². The van der Waals surface area contributed by atoms with Crippen molar-refractivity contribution in [2.75, 3.05) is 18.0 Å². The third-order valence-corrected chi connectivity index (χ3v) is 2.60. The number of halogens is 1. The van der Waals surface area contributed by atoms with Crippen LogP contribution in [-0.4, -0.2) is 18.1 Å². The van der Waals surface area contributed by atoms with Crippen molar-refractivity contribution in [1.82, 2.24) is 4.98 Å². The first-order valence-electron chi connectivity index (χ1n) is 5.51. The zero-order chi connectivity index (χ0) is 13.7. The number of nitrogens with one attached hydrogen (secondary N) is 2. The molecular formula is C13H12ClN3O2. The number of benzene rings is 1. The molecular weight excluding hydrogens is 266 g/mol. The standard InChI is InChI=1S/C13H12ClN3O2/c1-19-13(18)10-8-15-12(14)7-11(10)17-16-9-5-3-2-4-6-9/h2-8,16H,1H3,(H,15,17). The van der Waals surface area contributed by atoms with Gasteiger partial charge in [-0.1, -0.05) is 29.8 Å². The minimum Gasteiger partial charge on any atom is -0.465 e. The lowest BCUT2D eigenvalue weighted by molar-refractivity contribution is 0.0601. The molecule has 2 aromatic rings. The van der Waals surface area contributed by atoms with Crippen molar-refractivity contribution in [2.24, 2.45) is 0 Å². The Morgan fingerprint density at radius 3 is 2.68 bits per heavy atom. The molecule has 2 rings (SSSR count). The number of hydrogen-bond acceptors (Lipinski definition) is 5. The molecule has 0 aliphatic carbocycles. The second-order valence-corrected chi connectivity index (χ2v) is 4.05. The summed E-state index contributed by atoms with van der Waals surface area (Å²) in [7, 11) is 1.31. The molecule has 98 valence electrons. The number of pyridine rings is 1. The average molecular weight is 278 g/mol. The van der Waals surface area contributed by atoms with Gasteiger partial charge in [-0.3, -0.25) is 5.43 Å². The number of carbonyl (C=O) groups excluding carboxylic acids is 1. The van der Waals surface area contributed by atoms with Gasteiger partial charge in [-0.25, -0.2) is 9.78 Å². The van der Waals surface area contributed by atoms with E-state index in [0.29, 0.717) is 11.3 Å². The molecule has 1 aromatic heterocycles. The minimum atomic E-state index is -0.485. The number of nitrogens with zero attached hydrogens (tertiary/aromatic N) is 1. The van der Waals surface area contributed by atoms with E-state index in [1.807, 2.05) is 30.3 Å². The highest BCUT2D eigenvalue weighted by molar-refractivity contribution is 6.29. The number of aromatic nitrogens is 1. The maximum Gasteiger partial charge on any atom is 0.341 e. The number of hydrogen-bond donors (Lipinski definition) is 2. The minimum absolute atomic E-state index is 0.282. The van der Waals surface area contributed by atoms with Crippen LogP contribution in [0, 0.1) is 0 Å². The Morgan fingerprint density at radius 1 is 1.26 bits per heavy atom. The van der Waals surface area contributed by atoms with Gasteiger partial charge in [-0.05, 0) is 12.1 Å². The number of carbonyl (C=O) groups is 1. The number of ether oxygens (including phenoxy) is 1. The van der Waals surface area contributed by atoms with E-state index in [2.05, 4.69) is 20.6 Å². The van der Waals surface area contributed by atoms with Crippen molar-refractivity contribution in [3.05, 3.63) is 53.3 Å². The molecule has 0 radical (unpaired) electrons. The summed E-state index contributed by atoms with van der Waals surface area (Å²) < 4.78 is 4.68. The van der Waals surface area contributed by atoms with Gasteiger partial charge in [-0.2, -0.15) is 0 Å². The van der Waals surface area contributed by atoms with E-state index in [1.165, 1.54) is 13.3 Å². The molecule has 0 saturated carbocycles. The summed E-state index contributed by atoms with van der Waals surface area (Å²) in [5.74, 6) is -0.485. The summed E-state index contributed by atoms with van der Waals surface area (Å²) in [6, 6.07) is 11.0. The first-order chi connectivity index (χ1) is 9.20. The molecule has 6 heteroatoms. The monoisotopic (exact) mass is 277 g/mol. The number of methoxy groups -OCH3 is 1. The van der Waals surface area contributed by atoms with Gasteiger partial charge >= 0.3 is 5.97 Å². The number of esters is 1. The van der Waals surface area contributed by atoms with Crippen molar-refractivity contribution >= 4 is 28.9 Å². The summed E-state index contributed by atoms with van der Waals surface area (Å²) in [4.78, 5) is 15.4. The summed E-state index contributed by atoms with van der Waals surface area (Å²) in [5.41, 5.74) is 7.52. The van der Waals surface area contributed by atoms with E-state index < -0.39 is 5.97 Å². The molecule has 0 aliphatic rings. The van der Waals surface area contributed by atoms with Gasteiger partial charge in [0.25, 0.3) is 0 Å². The van der Waals surface area contributed by atoms with Crippen LogP contribution in [-0.2, 0) is 4.74 Å². The van der Waals surface area contributed by atoms with Crippen LogP contribution in [0.3, 0.4) is 0 Å². The van der Waals surface area contributed by atoms with Crippen LogP contribution in [0.4, 0.5) is 11.4 Å². The Hall–Kier alpha value is -2.27. The highest BCUT2D eigenvalue weighted by atomic mass is 35.5. The van der Waals surface area contributed by atoms with Gasteiger partial charge in [-0.15, -0.1) is 0 Å². The molecule has 0 fully saturated rings. The molecule has 0 amide bonds. The predicted molar refractivity (Wildman–Crippen MR) is 74.3 cm³/mol. The Morgan fingerprint density at radius 2 is 2.00 bits per heavy atom. The van der Waals surface area contributed by atoms with Crippen LogP contribution in [0.5, 0.6) is 0 Å². The summed E-state index contributed by atoms with van der Waals surface area (Å²) in [6.07, 6.45) is 1.36. The normalized spacial score (nSPS) is 9.79. The second kappa shape index (κ2) is 6.06. The van der Waals surface area contributed by atoms with Gasteiger partial charge in [0.05, 0.1) is 18.5 Å². The topological polar surface area (TPSA) is 63.2 Å². The molecule has 1 aromatic carbocycles. The second-order valence-electron chi connectivity index (χ2n) is 3.66. The third-order valence-electron chi connectivity index (χ3n) is 2.39. The Labute approximate surface area is 115 Å². The Kier molecular flexibility index (Phi) is 4.20. The molecule has 0 bridgehead atoms. The van der Waals surface area contributed by atoms with E-state index in [9.17, 15) is 4.79 Å². The largest absolute Gasteiger partial charge is 0.465 e. The first kappa shape index (κ1) is 13.2. The zero-order valence-electron chi connectivity index (χ0n) is 10.2. The van der Waals surface area contributed by atoms with E-state index in [4.69, 9.17) is 11.6 Å². The van der Waals surface area contributed by atoms with Gasteiger partial charge < -0.3 is 10.2 Å². The van der Waals surface area contributed by atoms with Crippen LogP contribution in [0.1, 0.15) is 10.4 Å². The molecule has 0 saturated heterocycles. The van der Waals surface area contributed by atoms with Crippen LogP contribution in [0.2, 0.25) is 5.15 Å². The number of anilines is 2. The molecule has 0 spiro atoms. The molecule has 19 heavy (non-hydrogen) atoms. The zero-order valence-corrected chi connectivity index (χ0v) is 10.9. The Bertz CT molecular complexity index is 575. The van der Waals surface area contributed by atoms with Crippen molar-refractivity contribution in [3.63, 3.8) is 0 Å². The summed E-state index contributed by atoms with van der Waals surface area (Å²) >= 11 is 5.82. The Balaban J connectivity index is 2.19. The molecule has 0 unspecified atom stereocenters. The van der Waals surface area contributed by atoms with Crippen molar-refractivity contribution in [3.8, 4) is 0 Å². The predicted octanol–water partition coefficient (Wildman–Crippen LogP) is 2.96. The van der Waals surface area contributed by atoms with Gasteiger partial charge in [0.2, 0.25) is 0 Å². The fourth-order valence-corrected chi connectivity index (χ4v) is 1.62. The number of hydrazine groups is 1. The SMILES string of the molecule is COC(=O)c1cnc(Cl)cc1NNc1ccccc1. The molecule has 0 atom stereocenters. The van der Waals surface area contributed by atoms with Crippen LogP contribution >= 0.6 is 11.6 Å². The highest BCUT2D eigenvalue weighted by Gasteiger charge is 2.13. The van der Waals surface area contributed by atoms with Crippen LogP contribution in [0.15, 0.2) is 42.6 Å². The number of rotatable bonds is 4. The maximum absolute atomic E-state index is 11.6. The fourth-order valence-electron chi connectivity index (χ4n) is 1.47. The van der Waals surface area contributed by atoms with Crippen molar-refractivity contribution in [1.29, 1.82) is 0 Å². The van der Waals surface area contributed by atoms with Gasteiger partial charge in [0, 0.05) is 12.3 Å². The lowest BCUT2D eigenvalue weighted by Crippen LogP contribution is -2.13. The van der Waals surface area contributed by atoms with Crippen LogP contribution in [0.25, 0.3) is 0 Å². The van der Waals surface area contributed by atoms with E-state index >= 15 is 0 Å². The smallest absolute Gasteiger partial charge is 0.341 e. The van der Waals surface area contributed by atoms with Crippen LogP contribution < -0.4 is 10.9 Å². The molecule has 2 N–H and O–H groups in total. The molecule has 5 nitrogen and oxygen atoms in total. The quantitative estimate of drug-likeness (QED) is 0.511. The highest BCUT2D eigenvalue weighted by Crippen LogP contribution is 2.20. The molecule has 1 heterocycles. The third kappa shape index (κ3) is 3.35. The van der Waals surface area contributed by atoms with E-state index in [0.717, 1.165) is 5.69 Å².